The lowest BCUT2D eigenvalue weighted by Gasteiger charge is -2.01. The van der Waals surface area contributed by atoms with E-state index in [9.17, 15) is 4.79 Å². The molecule has 0 amide bonds. The monoisotopic (exact) mass is 204 g/mol. The number of rotatable bonds is 3. The van der Waals surface area contributed by atoms with E-state index in [1.165, 1.54) is 0 Å². The highest BCUT2D eigenvalue weighted by atomic mass is 16.5. The molecule has 2 aromatic rings. The van der Waals surface area contributed by atoms with Crippen molar-refractivity contribution >= 4 is 0 Å². The second-order valence-electron chi connectivity index (χ2n) is 3.29. The van der Waals surface area contributed by atoms with Gasteiger partial charge in [-0.25, -0.2) is 4.79 Å². The maximum atomic E-state index is 11.3. The molecule has 0 spiro atoms. The van der Waals surface area contributed by atoms with Gasteiger partial charge in [-0.3, -0.25) is 9.09 Å². The van der Waals surface area contributed by atoms with Crippen LogP contribution in [0.3, 0.4) is 0 Å². The Hall–Kier alpha value is -1.84. The Bertz CT molecular complexity index is 485. The van der Waals surface area contributed by atoms with Gasteiger partial charge in [-0.2, -0.15) is 0 Å². The zero-order valence-corrected chi connectivity index (χ0v) is 8.51. The van der Waals surface area contributed by atoms with Gasteiger partial charge >= 0.3 is 5.76 Å². The summed E-state index contributed by atoms with van der Waals surface area (Å²) in [6.45, 7) is 2.64. The zero-order valence-electron chi connectivity index (χ0n) is 8.51. The first-order valence-electron chi connectivity index (χ1n) is 4.95. The molecule has 4 heteroatoms. The molecule has 4 nitrogen and oxygen atoms in total. The highest BCUT2D eigenvalue weighted by Crippen LogP contribution is 2.14. The van der Waals surface area contributed by atoms with E-state index in [-0.39, 0.29) is 0 Å². The van der Waals surface area contributed by atoms with E-state index in [0.717, 1.165) is 12.0 Å². The fraction of sp³-hybridized carbons (Fsp3) is 0.273. The number of nitrogens with zero attached hydrogens (tertiary/aromatic N) is 2. The second kappa shape index (κ2) is 4.13. The first kappa shape index (κ1) is 9.71. The molecule has 0 atom stereocenters. The van der Waals surface area contributed by atoms with Crippen molar-refractivity contribution < 1.29 is 4.52 Å². The predicted octanol–water partition coefficient (Wildman–Crippen LogP) is 1.91. The van der Waals surface area contributed by atoms with Crippen molar-refractivity contribution in [2.24, 2.45) is 0 Å². The molecule has 0 unspecified atom stereocenters. The minimum Gasteiger partial charge on any atom is -0.295 e. The standard InChI is InChI=1S/C11H12N2O2/c1-2-8-13-10(12-15-11(13)14)9-6-4-3-5-7-9/h3-7H,2,8H2,1H3. The third-order valence-electron chi connectivity index (χ3n) is 2.17. The zero-order chi connectivity index (χ0) is 10.7. The van der Waals surface area contributed by atoms with E-state index in [4.69, 9.17) is 0 Å². The molecule has 1 aromatic carbocycles. The summed E-state index contributed by atoms with van der Waals surface area (Å²) in [6.07, 6.45) is 0.876. The van der Waals surface area contributed by atoms with Crippen molar-refractivity contribution in [3.05, 3.63) is 40.9 Å². The van der Waals surface area contributed by atoms with E-state index < -0.39 is 5.76 Å². The van der Waals surface area contributed by atoms with E-state index in [0.29, 0.717) is 12.4 Å². The average molecular weight is 204 g/mol. The molecular weight excluding hydrogens is 192 g/mol. The normalized spacial score (nSPS) is 10.5. The Balaban J connectivity index is 2.49. The highest BCUT2D eigenvalue weighted by Gasteiger charge is 2.10. The number of hydrogen-bond acceptors (Lipinski definition) is 3. The Morgan fingerprint density at radius 2 is 2.07 bits per heavy atom. The van der Waals surface area contributed by atoms with Gasteiger partial charge in [-0.1, -0.05) is 42.4 Å². The topological polar surface area (TPSA) is 48.0 Å². The molecule has 0 fully saturated rings. The summed E-state index contributed by atoms with van der Waals surface area (Å²) in [6, 6.07) is 9.55. The van der Waals surface area contributed by atoms with Gasteiger partial charge in [0.1, 0.15) is 0 Å². The molecule has 0 saturated heterocycles. The smallest absolute Gasteiger partial charge is 0.295 e. The van der Waals surface area contributed by atoms with Crippen LogP contribution in [0, 0.1) is 0 Å². The fourth-order valence-electron chi connectivity index (χ4n) is 1.48. The molecule has 0 aliphatic carbocycles. The molecule has 2 rings (SSSR count). The van der Waals surface area contributed by atoms with Crippen molar-refractivity contribution in [2.75, 3.05) is 0 Å². The molecule has 15 heavy (non-hydrogen) atoms. The van der Waals surface area contributed by atoms with Gasteiger partial charge in [0.05, 0.1) is 0 Å². The average Bonchev–Trinajstić information content (AvgIpc) is 2.63. The maximum Gasteiger partial charge on any atom is 0.441 e. The summed E-state index contributed by atoms with van der Waals surface area (Å²) in [7, 11) is 0. The highest BCUT2D eigenvalue weighted by molar-refractivity contribution is 5.54. The van der Waals surface area contributed by atoms with E-state index >= 15 is 0 Å². The minimum absolute atomic E-state index is 0.393. The second-order valence-corrected chi connectivity index (χ2v) is 3.29. The van der Waals surface area contributed by atoms with Crippen LogP contribution in [0.25, 0.3) is 11.4 Å². The van der Waals surface area contributed by atoms with E-state index in [2.05, 4.69) is 9.68 Å². The van der Waals surface area contributed by atoms with Crippen LogP contribution >= 0.6 is 0 Å². The van der Waals surface area contributed by atoms with Crippen LogP contribution in [0.1, 0.15) is 13.3 Å². The van der Waals surface area contributed by atoms with Crippen LogP contribution in [0.15, 0.2) is 39.6 Å². The van der Waals surface area contributed by atoms with Gasteiger partial charge in [0.15, 0.2) is 5.82 Å². The molecule has 0 bridgehead atoms. The molecular formula is C11H12N2O2. The summed E-state index contributed by atoms with van der Waals surface area (Å²) < 4.78 is 6.21. The Kier molecular flexibility index (Phi) is 2.67. The summed E-state index contributed by atoms with van der Waals surface area (Å²) in [5.41, 5.74) is 0.900. The number of aromatic nitrogens is 2. The summed E-state index contributed by atoms with van der Waals surface area (Å²) in [5, 5.41) is 3.78. The van der Waals surface area contributed by atoms with Crippen LogP contribution in [0.4, 0.5) is 0 Å². The fourth-order valence-corrected chi connectivity index (χ4v) is 1.48. The predicted molar refractivity (Wildman–Crippen MR) is 56.5 cm³/mol. The molecule has 0 aliphatic rings. The minimum atomic E-state index is -0.393. The Labute approximate surface area is 87.1 Å². The van der Waals surface area contributed by atoms with Crippen LogP contribution < -0.4 is 5.76 Å². The van der Waals surface area contributed by atoms with Gasteiger partial charge in [0.2, 0.25) is 0 Å². The van der Waals surface area contributed by atoms with Crippen molar-refractivity contribution in [1.82, 2.24) is 9.72 Å². The molecule has 0 N–H and O–H groups in total. The lowest BCUT2D eigenvalue weighted by molar-refractivity contribution is 0.375. The van der Waals surface area contributed by atoms with Gasteiger partial charge in [0, 0.05) is 12.1 Å². The van der Waals surface area contributed by atoms with Crippen LogP contribution in [-0.4, -0.2) is 9.72 Å². The van der Waals surface area contributed by atoms with Gasteiger partial charge in [0.25, 0.3) is 0 Å². The van der Waals surface area contributed by atoms with Crippen molar-refractivity contribution in [1.29, 1.82) is 0 Å². The molecule has 1 aromatic heterocycles. The van der Waals surface area contributed by atoms with Gasteiger partial charge < -0.3 is 0 Å². The third-order valence-corrected chi connectivity index (χ3v) is 2.17. The maximum absolute atomic E-state index is 11.3. The molecule has 78 valence electrons. The quantitative estimate of drug-likeness (QED) is 0.767. The molecule has 0 saturated carbocycles. The van der Waals surface area contributed by atoms with E-state index in [1.54, 1.807) is 4.57 Å². The lowest BCUT2D eigenvalue weighted by Crippen LogP contribution is -2.14. The SMILES string of the molecule is CCCn1c(-c2ccccc2)noc1=O. The third kappa shape index (κ3) is 1.83. The Morgan fingerprint density at radius 3 is 2.73 bits per heavy atom. The van der Waals surface area contributed by atoms with Crippen LogP contribution in [0.2, 0.25) is 0 Å². The molecule has 1 heterocycles. The van der Waals surface area contributed by atoms with Crippen molar-refractivity contribution in [3.8, 4) is 11.4 Å². The van der Waals surface area contributed by atoms with E-state index in [1.807, 2.05) is 37.3 Å². The van der Waals surface area contributed by atoms with Crippen molar-refractivity contribution in [3.63, 3.8) is 0 Å². The van der Waals surface area contributed by atoms with Crippen molar-refractivity contribution in [2.45, 2.75) is 19.9 Å². The lowest BCUT2D eigenvalue weighted by atomic mass is 10.2. The first-order chi connectivity index (χ1) is 7.33. The van der Waals surface area contributed by atoms with Crippen LogP contribution in [-0.2, 0) is 6.54 Å². The summed E-state index contributed by atoms with van der Waals surface area (Å²) >= 11 is 0. The molecule has 0 radical (unpaired) electrons. The largest absolute Gasteiger partial charge is 0.441 e. The number of hydrogen-bond donors (Lipinski definition) is 0. The summed E-state index contributed by atoms with van der Waals surface area (Å²) in [5.74, 6) is 0.207. The first-order valence-corrected chi connectivity index (χ1v) is 4.95. The summed E-state index contributed by atoms with van der Waals surface area (Å²) in [4.78, 5) is 11.3. The van der Waals surface area contributed by atoms with Crippen LogP contribution in [0.5, 0.6) is 0 Å². The van der Waals surface area contributed by atoms with Gasteiger partial charge in [-0.15, -0.1) is 0 Å². The molecule has 0 aliphatic heterocycles. The Morgan fingerprint density at radius 1 is 1.33 bits per heavy atom. The van der Waals surface area contributed by atoms with Gasteiger partial charge in [-0.05, 0) is 6.42 Å². The number of benzene rings is 1.